The van der Waals surface area contributed by atoms with E-state index in [4.69, 9.17) is 0 Å². The highest BCUT2D eigenvalue weighted by Crippen LogP contribution is 2.16. The minimum atomic E-state index is -0.427. The Labute approximate surface area is 91.0 Å². The maximum atomic E-state index is 11.1. The van der Waals surface area contributed by atoms with E-state index in [-0.39, 0.29) is 5.78 Å². The molecule has 0 amide bonds. The summed E-state index contributed by atoms with van der Waals surface area (Å²) < 4.78 is 0. The molecular formula is C13H18O2. The standard InChI is InChI=1S/C13H18O2/c1-10(2)8-13(15)7-6-11-4-3-5-12(14)9-11/h3,5-6,8,13,15H,4,7,9H2,1-2H3. The van der Waals surface area contributed by atoms with E-state index in [0.29, 0.717) is 12.8 Å². The molecule has 0 aromatic rings. The number of aliphatic hydroxyl groups is 1. The molecule has 0 fully saturated rings. The summed E-state index contributed by atoms with van der Waals surface area (Å²) in [5.41, 5.74) is 2.23. The highest BCUT2D eigenvalue weighted by Gasteiger charge is 2.07. The molecule has 0 aromatic carbocycles. The molecule has 0 aromatic heterocycles. The molecule has 0 heterocycles. The molecule has 0 spiro atoms. The molecule has 1 atom stereocenters. The van der Waals surface area contributed by atoms with Gasteiger partial charge in [0, 0.05) is 6.42 Å². The molecule has 0 saturated heterocycles. The van der Waals surface area contributed by atoms with Crippen molar-refractivity contribution < 1.29 is 9.90 Å². The lowest BCUT2D eigenvalue weighted by Crippen LogP contribution is -2.04. The number of carbonyl (C=O) groups is 1. The average molecular weight is 206 g/mol. The zero-order valence-corrected chi connectivity index (χ0v) is 9.36. The summed E-state index contributed by atoms with van der Waals surface area (Å²) in [6.07, 6.45) is 8.84. The van der Waals surface area contributed by atoms with Gasteiger partial charge in [-0.05, 0) is 32.8 Å². The van der Waals surface area contributed by atoms with Crippen LogP contribution in [0.2, 0.25) is 0 Å². The van der Waals surface area contributed by atoms with Crippen LogP contribution in [0, 0.1) is 0 Å². The fourth-order valence-electron chi connectivity index (χ4n) is 1.59. The van der Waals surface area contributed by atoms with E-state index in [1.54, 1.807) is 6.08 Å². The van der Waals surface area contributed by atoms with Crippen LogP contribution in [0.15, 0.2) is 35.5 Å². The van der Waals surface area contributed by atoms with Crippen LogP contribution in [0.25, 0.3) is 0 Å². The lowest BCUT2D eigenvalue weighted by Gasteiger charge is -2.09. The third-order valence-electron chi connectivity index (χ3n) is 2.26. The third kappa shape index (κ3) is 4.75. The monoisotopic (exact) mass is 206 g/mol. The summed E-state index contributed by atoms with van der Waals surface area (Å²) in [7, 11) is 0. The van der Waals surface area contributed by atoms with Crippen LogP contribution >= 0.6 is 0 Å². The van der Waals surface area contributed by atoms with Crippen molar-refractivity contribution in [3.05, 3.63) is 35.5 Å². The molecule has 1 aliphatic rings. The van der Waals surface area contributed by atoms with Crippen molar-refractivity contribution in [1.82, 2.24) is 0 Å². The molecule has 82 valence electrons. The van der Waals surface area contributed by atoms with Gasteiger partial charge in [0.2, 0.25) is 0 Å². The molecule has 2 nitrogen and oxygen atoms in total. The first kappa shape index (κ1) is 11.9. The lowest BCUT2D eigenvalue weighted by atomic mass is 9.98. The molecule has 0 radical (unpaired) electrons. The van der Waals surface area contributed by atoms with Gasteiger partial charge in [-0.25, -0.2) is 0 Å². The number of carbonyl (C=O) groups excluding carboxylic acids is 1. The van der Waals surface area contributed by atoms with Gasteiger partial charge >= 0.3 is 0 Å². The van der Waals surface area contributed by atoms with Crippen LogP contribution in [0.4, 0.5) is 0 Å². The second-order valence-corrected chi connectivity index (χ2v) is 4.16. The normalized spacial score (nSPS) is 20.5. The highest BCUT2D eigenvalue weighted by molar-refractivity contribution is 5.92. The van der Waals surface area contributed by atoms with E-state index in [0.717, 1.165) is 17.6 Å². The zero-order chi connectivity index (χ0) is 11.3. The van der Waals surface area contributed by atoms with Gasteiger partial charge in [-0.3, -0.25) is 4.79 Å². The Bertz CT molecular complexity index is 317. The Morgan fingerprint density at radius 1 is 1.60 bits per heavy atom. The van der Waals surface area contributed by atoms with Gasteiger partial charge in [-0.2, -0.15) is 0 Å². The number of aliphatic hydroxyl groups excluding tert-OH is 1. The van der Waals surface area contributed by atoms with Gasteiger partial charge in [-0.15, -0.1) is 0 Å². The smallest absolute Gasteiger partial charge is 0.159 e. The summed E-state index contributed by atoms with van der Waals surface area (Å²) in [5.74, 6) is 0.157. The number of hydrogen-bond acceptors (Lipinski definition) is 2. The average Bonchev–Trinajstić information content (AvgIpc) is 2.14. The second-order valence-electron chi connectivity index (χ2n) is 4.16. The maximum absolute atomic E-state index is 11.1. The SMILES string of the molecule is CC(C)=CC(O)CC=C1CC=CC(=O)C1. The van der Waals surface area contributed by atoms with E-state index in [1.165, 1.54) is 0 Å². The molecule has 1 aliphatic carbocycles. The summed E-state index contributed by atoms with van der Waals surface area (Å²) in [4.78, 5) is 11.1. The van der Waals surface area contributed by atoms with Crippen molar-refractivity contribution in [2.75, 3.05) is 0 Å². The van der Waals surface area contributed by atoms with Crippen LogP contribution < -0.4 is 0 Å². The molecule has 1 rings (SSSR count). The Balaban J connectivity index is 2.48. The maximum Gasteiger partial charge on any atom is 0.159 e. The van der Waals surface area contributed by atoms with Crippen LogP contribution in [0.3, 0.4) is 0 Å². The van der Waals surface area contributed by atoms with Gasteiger partial charge < -0.3 is 5.11 Å². The highest BCUT2D eigenvalue weighted by atomic mass is 16.3. The Morgan fingerprint density at radius 2 is 2.33 bits per heavy atom. The van der Waals surface area contributed by atoms with Gasteiger partial charge in [-0.1, -0.05) is 29.4 Å². The number of ketones is 1. The summed E-state index contributed by atoms with van der Waals surface area (Å²) >= 11 is 0. The number of rotatable bonds is 3. The van der Waals surface area contributed by atoms with Crippen molar-refractivity contribution in [3.8, 4) is 0 Å². The van der Waals surface area contributed by atoms with Crippen molar-refractivity contribution in [2.45, 2.75) is 39.2 Å². The third-order valence-corrected chi connectivity index (χ3v) is 2.26. The Hall–Kier alpha value is -1.15. The summed E-state index contributed by atoms with van der Waals surface area (Å²) in [6, 6.07) is 0. The Kier molecular flexibility index (Phi) is 4.50. The minimum Gasteiger partial charge on any atom is -0.389 e. The number of hydrogen-bond donors (Lipinski definition) is 1. The molecule has 2 heteroatoms. The largest absolute Gasteiger partial charge is 0.389 e. The molecule has 0 saturated carbocycles. The molecule has 0 bridgehead atoms. The Morgan fingerprint density at radius 3 is 2.93 bits per heavy atom. The topological polar surface area (TPSA) is 37.3 Å². The molecular weight excluding hydrogens is 188 g/mol. The predicted octanol–water partition coefficient (Wildman–Crippen LogP) is 2.55. The van der Waals surface area contributed by atoms with Gasteiger partial charge in [0.1, 0.15) is 0 Å². The van der Waals surface area contributed by atoms with E-state index in [9.17, 15) is 9.90 Å². The zero-order valence-electron chi connectivity index (χ0n) is 9.36. The molecule has 15 heavy (non-hydrogen) atoms. The van der Waals surface area contributed by atoms with E-state index in [2.05, 4.69) is 0 Å². The second kappa shape index (κ2) is 5.66. The quantitative estimate of drug-likeness (QED) is 0.720. The van der Waals surface area contributed by atoms with Crippen molar-refractivity contribution >= 4 is 5.78 Å². The first-order chi connectivity index (χ1) is 7.08. The summed E-state index contributed by atoms with van der Waals surface area (Å²) in [6.45, 7) is 3.92. The van der Waals surface area contributed by atoms with E-state index in [1.807, 2.05) is 32.1 Å². The van der Waals surface area contributed by atoms with Crippen LogP contribution in [0.1, 0.15) is 33.1 Å². The first-order valence-corrected chi connectivity index (χ1v) is 5.28. The first-order valence-electron chi connectivity index (χ1n) is 5.28. The van der Waals surface area contributed by atoms with Gasteiger partial charge in [0.15, 0.2) is 5.78 Å². The van der Waals surface area contributed by atoms with Gasteiger partial charge in [0.05, 0.1) is 6.10 Å². The van der Waals surface area contributed by atoms with Crippen molar-refractivity contribution in [3.63, 3.8) is 0 Å². The minimum absolute atomic E-state index is 0.157. The molecule has 0 aliphatic heterocycles. The fraction of sp³-hybridized carbons (Fsp3) is 0.462. The van der Waals surface area contributed by atoms with Crippen molar-refractivity contribution in [2.24, 2.45) is 0 Å². The predicted molar refractivity (Wildman–Crippen MR) is 61.5 cm³/mol. The van der Waals surface area contributed by atoms with Crippen LogP contribution in [-0.2, 0) is 4.79 Å². The molecule has 1 unspecified atom stereocenters. The van der Waals surface area contributed by atoms with Crippen LogP contribution in [-0.4, -0.2) is 17.0 Å². The summed E-state index contributed by atoms with van der Waals surface area (Å²) in [5, 5.41) is 9.59. The number of allylic oxidation sites excluding steroid dienone is 4. The van der Waals surface area contributed by atoms with Crippen molar-refractivity contribution in [1.29, 1.82) is 0 Å². The van der Waals surface area contributed by atoms with Crippen LogP contribution in [0.5, 0.6) is 0 Å². The fourth-order valence-corrected chi connectivity index (χ4v) is 1.59. The lowest BCUT2D eigenvalue weighted by molar-refractivity contribution is -0.114. The van der Waals surface area contributed by atoms with E-state index < -0.39 is 6.10 Å². The molecule has 1 N–H and O–H groups in total. The van der Waals surface area contributed by atoms with E-state index >= 15 is 0 Å². The van der Waals surface area contributed by atoms with Gasteiger partial charge in [0.25, 0.3) is 0 Å².